The Hall–Kier alpha value is -2.00. The minimum atomic E-state index is 0.00359. The van der Waals surface area contributed by atoms with Gasteiger partial charge in [0.15, 0.2) is 5.78 Å². The number of benzene rings is 1. The second-order valence-electron chi connectivity index (χ2n) is 6.91. The van der Waals surface area contributed by atoms with E-state index in [1.807, 2.05) is 37.3 Å². The van der Waals surface area contributed by atoms with Gasteiger partial charge in [0.2, 0.25) is 0 Å². The van der Waals surface area contributed by atoms with Crippen molar-refractivity contribution in [1.82, 2.24) is 15.3 Å². The summed E-state index contributed by atoms with van der Waals surface area (Å²) in [4.78, 5) is 23.7. The fourth-order valence-corrected chi connectivity index (χ4v) is 5.47. The Balaban J connectivity index is 1.50. The highest BCUT2D eigenvalue weighted by Crippen LogP contribution is 2.32. The van der Waals surface area contributed by atoms with Crippen LogP contribution in [0.2, 0.25) is 0 Å². The number of carbonyl (C=O) groups excluding carboxylic acids is 1. The highest BCUT2D eigenvalue weighted by Gasteiger charge is 2.25. The Morgan fingerprint density at radius 1 is 1.34 bits per heavy atom. The summed E-state index contributed by atoms with van der Waals surface area (Å²) in [6.07, 6.45) is 0.00359. The molecule has 4 rings (SSSR count). The maximum atomic E-state index is 12.8. The standard InChI is InChI=1S/C21H23N3O3S2/c1-12-20(27-9-8-22-12)19-7-6-18(29-19)17(25)11-28-21-15-10-14(26-3)4-5-16(15)23-13(2)24-21/h4-7,10,12,20,22H,8-9,11H2,1-3H3/t12-,20-/m0/s1. The minimum Gasteiger partial charge on any atom is -0.497 e. The molecule has 0 unspecified atom stereocenters. The van der Waals surface area contributed by atoms with Crippen molar-refractivity contribution in [2.75, 3.05) is 26.0 Å². The molecule has 1 aromatic carbocycles. The van der Waals surface area contributed by atoms with Crippen molar-refractivity contribution in [2.24, 2.45) is 0 Å². The molecule has 8 heteroatoms. The number of thiophene rings is 1. The van der Waals surface area contributed by atoms with Crippen LogP contribution in [0.4, 0.5) is 0 Å². The van der Waals surface area contributed by atoms with Gasteiger partial charge in [0.25, 0.3) is 0 Å². The fraction of sp³-hybridized carbons (Fsp3) is 0.381. The number of methoxy groups -OCH3 is 1. The molecule has 3 aromatic rings. The SMILES string of the molecule is COc1ccc2nc(C)nc(SCC(=O)c3ccc([C@H]4OCCN[C@H]4C)s3)c2c1. The zero-order valence-corrected chi connectivity index (χ0v) is 18.2. The van der Waals surface area contributed by atoms with Gasteiger partial charge in [0, 0.05) is 22.8 Å². The number of ether oxygens (including phenoxy) is 2. The van der Waals surface area contributed by atoms with Gasteiger partial charge in [0.05, 0.1) is 29.9 Å². The predicted molar refractivity (Wildman–Crippen MR) is 116 cm³/mol. The summed E-state index contributed by atoms with van der Waals surface area (Å²) >= 11 is 2.96. The van der Waals surface area contributed by atoms with E-state index in [1.165, 1.54) is 23.1 Å². The first-order valence-electron chi connectivity index (χ1n) is 9.48. The van der Waals surface area contributed by atoms with Crippen molar-refractivity contribution in [3.05, 3.63) is 45.9 Å². The molecule has 0 bridgehead atoms. The van der Waals surface area contributed by atoms with Gasteiger partial charge in [-0.25, -0.2) is 9.97 Å². The third-order valence-corrected chi connectivity index (χ3v) is 7.00. The van der Waals surface area contributed by atoms with Crippen molar-refractivity contribution < 1.29 is 14.3 Å². The molecule has 2 atom stereocenters. The van der Waals surface area contributed by atoms with Gasteiger partial charge < -0.3 is 14.8 Å². The molecular weight excluding hydrogens is 406 g/mol. The number of fused-ring (bicyclic) bond motifs is 1. The second kappa shape index (κ2) is 8.79. The molecule has 29 heavy (non-hydrogen) atoms. The number of ketones is 1. The maximum absolute atomic E-state index is 12.8. The summed E-state index contributed by atoms with van der Waals surface area (Å²) in [7, 11) is 1.63. The molecule has 0 radical (unpaired) electrons. The molecule has 1 aliphatic rings. The minimum absolute atomic E-state index is 0.00359. The van der Waals surface area contributed by atoms with Crippen LogP contribution in [0.3, 0.4) is 0 Å². The van der Waals surface area contributed by atoms with Crippen LogP contribution in [-0.4, -0.2) is 47.8 Å². The Morgan fingerprint density at radius 3 is 3.00 bits per heavy atom. The molecule has 2 aromatic heterocycles. The number of nitrogens with zero attached hydrogens (tertiary/aromatic N) is 2. The number of morpholine rings is 1. The molecule has 1 saturated heterocycles. The van der Waals surface area contributed by atoms with E-state index in [-0.39, 0.29) is 17.9 Å². The average molecular weight is 430 g/mol. The lowest BCUT2D eigenvalue weighted by molar-refractivity contribution is 0.00199. The van der Waals surface area contributed by atoms with Crippen LogP contribution in [-0.2, 0) is 4.74 Å². The fourth-order valence-electron chi connectivity index (χ4n) is 3.34. The largest absolute Gasteiger partial charge is 0.497 e. The monoisotopic (exact) mass is 429 g/mol. The van der Waals surface area contributed by atoms with E-state index in [4.69, 9.17) is 9.47 Å². The van der Waals surface area contributed by atoms with Crippen LogP contribution in [0.5, 0.6) is 5.75 Å². The third-order valence-electron chi connectivity index (χ3n) is 4.82. The van der Waals surface area contributed by atoms with Crippen molar-refractivity contribution in [3.63, 3.8) is 0 Å². The lowest BCUT2D eigenvalue weighted by Gasteiger charge is -2.29. The summed E-state index contributed by atoms with van der Waals surface area (Å²) in [5.41, 5.74) is 0.850. The van der Waals surface area contributed by atoms with E-state index in [0.29, 0.717) is 18.2 Å². The van der Waals surface area contributed by atoms with Gasteiger partial charge in [-0.2, -0.15) is 0 Å². The quantitative estimate of drug-likeness (QED) is 0.360. The first kappa shape index (κ1) is 20.3. The van der Waals surface area contributed by atoms with E-state index in [2.05, 4.69) is 22.2 Å². The molecule has 3 heterocycles. The lowest BCUT2D eigenvalue weighted by Crippen LogP contribution is -2.41. The van der Waals surface area contributed by atoms with E-state index < -0.39 is 0 Å². The van der Waals surface area contributed by atoms with Gasteiger partial charge in [-0.1, -0.05) is 11.8 Å². The average Bonchev–Trinajstić information content (AvgIpc) is 3.21. The first-order valence-corrected chi connectivity index (χ1v) is 11.3. The summed E-state index contributed by atoms with van der Waals surface area (Å²) in [6, 6.07) is 9.86. The maximum Gasteiger partial charge on any atom is 0.183 e. The molecule has 6 nitrogen and oxygen atoms in total. The van der Waals surface area contributed by atoms with Crippen LogP contribution in [0.15, 0.2) is 35.4 Å². The number of nitrogens with one attached hydrogen (secondary N) is 1. The third kappa shape index (κ3) is 4.45. The molecule has 1 fully saturated rings. The van der Waals surface area contributed by atoms with Gasteiger partial charge in [-0.3, -0.25) is 4.79 Å². The van der Waals surface area contributed by atoms with Crippen molar-refractivity contribution in [2.45, 2.75) is 31.0 Å². The first-order chi connectivity index (χ1) is 14.0. The Kier molecular flexibility index (Phi) is 6.15. The number of thioether (sulfide) groups is 1. The molecule has 0 saturated carbocycles. The van der Waals surface area contributed by atoms with Gasteiger partial charge in [-0.15, -0.1) is 11.3 Å². The van der Waals surface area contributed by atoms with E-state index in [1.54, 1.807) is 7.11 Å². The van der Waals surface area contributed by atoms with E-state index in [9.17, 15) is 4.79 Å². The van der Waals surface area contributed by atoms with Crippen molar-refractivity contribution in [3.8, 4) is 5.75 Å². The smallest absolute Gasteiger partial charge is 0.183 e. The van der Waals surface area contributed by atoms with Gasteiger partial charge in [0.1, 0.15) is 22.7 Å². The summed E-state index contributed by atoms with van der Waals surface area (Å²) < 4.78 is 11.2. The number of carbonyl (C=O) groups is 1. The zero-order chi connectivity index (χ0) is 20.4. The molecule has 0 amide bonds. The van der Waals surface area contributed by atoms with Crippen LogP contribution < -0.4 is 10.1 Å². The number of aromatic nitrogens is 2. The normalized spacial score (nSPS) is 19.4. The molecule has 0 aliphatic carbocycles. The number of hydrogen-bond acceptors (Lipinski definition) is 8. The zero-order valence-electron chi connectivity index (χ0n) is 16.6. The Bertz CT molecular complexity index is 1040. The topological polar surface area (TPSA) is 73.3 Å². The van der Waals surface area contributed by atoms with Crippen molar-refractivity contribution in [1.29, 1.82) is 0 Å². The van der Waals surface area contributed by atoms with E-state index >= 15 is 0 Å². The molecule has 0 spiro atoms. The Labute approximate surface area is 178 Å². The predicted octanol–water partition coefficient (Wildman–Crippen LogP) is 4.03. The summed E-state index contributed by atoms with van der Waals surface area (Å²) in [5.74, 6) is 1.85. The van der Waals surface area contributed by atoms with Crippen molar-refractivity contribution >= 4 is 39.8 Å². The second-order valence-corrected chi connectivity index (χ2v) is 8.99. The molecule has 1 aliphatic heterocycles. The summed E-state index contributed by atoms with van der Waals surface area (Å²) in [6.45, 7) is 5.52. The molecule has 1 N–H and O–H groups in total. The van der Waals surface area contributed by atoms with Crippen LogP contribution in [0.25, 0.3) is 10.9 Å². The van der Waals surface area contributed by atoms with Crippen LogP contribution in [0.1, 0.15) is 33.4 Å². The number of Topliss-reactive ketones (excluding diaryl/α,β-unsaturated/α-hetero) is 1. The van der Waals surface area contributed by atoms with Crippen LogP contribution in [0, 0.1) is 6.92 Å². The number of rotatable bonds is 6. The number of aryl methyl sites for hydroxylation is 1. The van der Waals surface area contributed by atoms with Crippen LogP contribution >= 0.6 is 23.1 Å². The lowest BCUT2D eigenvalue weighted by atomic mass is 10.1. The highest BCUT2D eigenvalue weighted by molar-refractivity contribution is 8.00. The van der Waals surface area contributed by atoms with Gasteiger partial charge in [-0.05, 0) is 44.2 Å². The molecule has 152 valence electrons. The molecular formula is C21H23N3O3S2. The number of hydrogen-bond donors (Lipinski definition) is 1. The summed E-state index contributed by atoms with van der Waals surface area (Å²) in [5, 5.41) is 5.11. The van der Waals surface area contributed by atoms with Gasteiger partial charge >= 0.3 is 0 Å². The van der Waals surface area contributed by atoms with E-state index in [0.717, 1.165) is 38.0 Å². The highest BCUT2D eigenvalue weighted by atomic mass is 32.2. The Morgan fingerprint density at radius 2 is 2.21 bits per heavy atom.